The molecular weight excluding hydrogens is 312 g/mol. The Balaban J connectivity index is 1.83. The summed E-state index contributed by atoms with van der Waals surface area (Å²) in [7, 11) is 0. The van der Waals surface area contributed by atoms with Gasteiger partial charge >= 0.3 is 5.97 Å². The lowest BCUT2D eigenvalue weighted by Gasteiger charge is -2.33. The first-order valence-electron chi connectivity index (χ1n) is 8.10. The maximum absolute atomic E-state index is 12.4. The number of rotatable bonds is 4. The number of aromatic carboxylic acids is 1. The molecule has 1 aliphatic carbocycles. The average molecular weight is 332 g/mol. The van der Waals surface area contributed by atoms with Gasteiger partial charge in [-0.3, -0.25) is 14.5 Å². The van der Waals surface area contributed by atoms with Crippen molar-refractivity contribution in [1.82, 2.24) is 5.32 Å². The van der Waals surface area contributed by atoms with E-state index in [2.05, 4.69) is 5.32 Å². The van der Waals surface area contributed by atoms with Gasteiger partial charge in [-0.25, -0.2) is 4.79 Å². The number of amides is 2. The molecule has 7 heteroatoms. The third-order valence-corrected chi connectivity index (χ3v) is 4.44. The van der Waals surface area contributed by atoms with E-state index in [1.165, 1.54) is 23.1 Å². The number of anilines is 1. The zero-order valence-electron chi connectivity index (χ0n) is 13.4. The van der Waals surface area contributed by atoms with Crippen LogP contribution in [0.1, 0.15) is 43.0 Å². The molecule has 2 aliphatic rings. The molecule has 1 saturated carbocycles. The smallest absolute Gasteiger partial charge is 0.335 e. The van der Waals surface area contributed by atoms with E-state index in [1.807, 2.05) is 0 Å². The maximum Gasteiger partial charge on any atom is 0.335 e. The normalized spacial score (nSPS) is 20.5. The van der Waals surface area contributed by atoms with Gasteiger partial charge in [-0.15, -0.1) is 0 Å². The van der Waals surface area contributed by atoms with E-state index >= 15 is 0 Å². The lowest BCUT2D eigenvalue weighted by Crippen LogP contribution is -2.50. The summed E-state index contributed by atoms with van der Waals surface area (Å²) >= 11 is 0. The topological polar surface area (TPSA) is 95.9 Å². The second-order valence-electron chi connectivity index (χ2n) is 6.22. The molecule has 1 unspecified atom stereocenters. The molecule has 0 spiro atoms. The van der Waals surface area contributed by atoms with Crippen molar-refractivity contribution < 1.29 is 24.2 Å². The van der Waals surface area contributed by atoms with E-state index in [0.29, 0.717) is 11.4 Å². The SMILES string of the molecule is CC1Oc2ccc(C(=O)O)cc2N(CC(=O)NC2CCCC2)C1=O. The Kier molecular flexibility index (Phi) is 4.42. The van der Waals surface area contributed by atoms with Gasteiger partial charge in [-0.2, -0.15) is 0 Å². The summed E-state index contributed by atoms with van der Waals surface area (Å²) in [6.07, 6.45) is 3.40. The van der Waals surface area contributed by atoms with Crippen molar-refractivity contribution >= 4 is 23.5 Å². The van der Waals surface area contributed by atoms with E-state index in [-0.39, 0.29) is 30.0 Å². The largest absolute Gasteiger partial charge is 0.479 e. The molecule has 1 atom stereocenters. The van der Waals surface area contributed by atoms with Gasteiger partial charge in [-0.1, -0.05) is 12.8 Å². The van der Waals surface area contributed by atoms with Gasteiger partial charge < -0.3 is 15.2 Å². The Morgan fingerprint density at radius 2 is 2.04 bits per heavy atom. The summed E-state index contributed by atoms with van der Waals surface area (Å²) in [5, 5.41) is 12.1. The second kappa shape index (κ2) is 6.51. The van der Waals surface area contributed by atoms with Crippen LogP contribution in [0.5, 0.6) is 5.75 Å². The van der Waals surface area contributed by atoms with Gasteiger partial charge in [0.1, 0.15) is 12.3 Å². The lowest BCUT2D eigenvalue weighted by atomic mass is 10.1. The van der Waals surface area contributed by atoms with Gasteiger partial charge in [0, 0.05) is 6.04 Å². The van der Waals surface area contributed by atoms with Crippen molar-refractivity contribution in [1.29, 1.82) is 0 Å². The van der Waals surface area contributed by atoms with Gasteiger partial charge in [0.2, 0.25) is 5.91 Å². The predicted octanol–water partition coefficient (Wildman–Crippen LogP) is 1.56. The highest BCUT2D eigenvalue weighted by atomic mass is 16.5. The molecule has 7 nitrogen and oxygen atoms in total. The zero-order valence-corrected chi connectivity index (χ0v) is 13.4. The van der Waals surface area contributed by atoms with Crippen LogP contribution in [-0.4, -0.2) is 41.6 Å². The van der Waals surface area contributed by atoms with E-state index in [0.717, 1.165) is 25.7 Å². The molecule has 1 aromatic rings. The van der Waals surface area contributed by atoms with Crippen molar-refractivity contribution in [3.8, 4) is 5.75 Å². The third kappa shape index (κ3) is 3.20. The van der Waals surface area contributed by atoms with E-state index < -0.39 is 12.1 Å². The molecule has 24 heavy (non-hydrogen) atoms. The van der Waals surface area contributed by atoms with Crippen molar-refractivity contribution in [2.75, 3.05) is 11.4 Å². The highest BCUT2D eigenvalue weighted by Gasteiger charge is 2.33. The molecule has 0 radical (unpaired) electrons. The molecular formula is C17H20N2O5. The van der Waals surface area contributed by atoms with Gasteiger partial charge in [0.25, 0.3) is 5.91 Å². The number of hydrogen-bond donors (Lipinski definition) is 2. The Morgan fingerprint density at radius 1 is 1.33 bits per heavy atom. The van der Waals surface area contributed by atoms with Crippen LogP contribution in [0.2, 0.25) is 0 Å². The van der Waals surface area contributed by atoms with Crippen LogP contribution >= 0.6 is 0 Å². The van der Waals surface area contributed by atoms with Crippen LogP contribution in [0.15, 0.2) is 18.2 Å². The highest BCUT2D eigenvalue weighted by Crippen LogP contribution is 2.34. The first-order valence-corrected chi connectivity index (χ1v) is 8.10. The summed E-state index contributed by atoms with van der Waals surface area (Å²) < 4.78 is 5.51. The molecule has 1 heterocycles. The van der Waals surface area contributed by atoms with Crippen molar-refractivity contribution in [2.24, 2.45) is 0 Å². The number of ether oxygens (including phenoxy) is 1. The Hall–Kier alpha value is -2.57. The first kappa shape index (κ1) is 16.3. The van der Waals surface area contributed by atoms with Crippen molar-refractivity contribution in [3.63, 3.8) is 0 Å². The van der Waals surface area contributed by atoms with Gasteiger partial charge in [0.05, 0.1) is 11.3 Å². The molecule has 2 amide bonds. The summed E-state index contributed by atoms with van der Waals surface area (Å²) in [6, 6.07) is 4.46. The molecule has 128 valence electrons. The van der Waals surface area contributed by atoms with Crippen LogP contribution in [0.4, 0.5) is 5.69 Å². The highest BCUT2D eigenvalue weighted by molar-refractivity contribution is 6.04. The quantitative estimate of drug-likeness (QED) is 0.872. The van der Waals surface area contributed by atoms with E-state index in [9.17, 15) is 14.4 Å². The van der Waals surface area contributed by atoms with Gasteiger partial charge in [0.15, 0.2) is 6.10 Å². The first-order chi connectivity index (χ1) is 11.5. The minimum Gasteiger partial charge on any atom is -0.479 e. The van der Waals surface area contributed by atoms with Gasteiger partial charge in [-0.05, 0) is 38.0 Å². The Labute approximate surface area is 139 Å². The molecule has 2 N–H and O–H groups in total. The minimum absolute atomic E-state index is 0.0425. The third-order valence-electron chi connectivity index (χ3n) is 4.44. The molecule has 0 saturated heterocycles. The molecule has 0 aromatic heterocycles. The van der Waals surface area contributed by atoms with Crippen molar-refractivity contribution in [3.05, 3.63) is 23.8 Å². The van der Waals surface area contributed by atoms with E-state index in [1.54, 1.807) is 6.92 Å². The van der Waals surface area contributed by atoms with E-state index in [4.69, 9.17) is 9.84 Å². The summed E-state index contributed by atoms with van der Waals surface area (Å²) in [6.45, 7) is 1.47. The molecule has 0 bridgehead atoms. The van der Waals surface area contributed by atoms with Crippen LogP contribution < -0.4 is 15.0 Å². The van der Waals surface area contributed by atoms with Crippen LogP contribution in [0.3, 0.4) is 0 Å². The summed E-state index contributed by atoms with van der Waals surface area (Å²) in [5.41, 5.74) is 0.362. The number of benzene rings is 1. The number of carbonyl (C=O) groups is 3. The number of hydrogen-bond acceptors (Lipinski definition) is 4. The standard InChI is InChI=1S/C17H20N2O5/c1-10-16(21)19(9-15(20)18-12-4-2-3-5-12)13-8-11(17(22)23)6-7-14(13)24-10/h6-8,10,12H,2-5,9H2,1H3,(H,18,20)(H,22,23). The van der Waals surface area contributed by atoms with Crippen LogP contribution in [0.25, 0.3) is 0 Å². The fraction of sp³-hybridized carbons (Fsp3) is 0.471. The zero-order chi connectivity index (χ0) is 17.3. The predicted molar refractivity (Wildman–Crippen MR) is 86.2 cm³/mol. The molecule has 1 fully saturated rings. The average Bonchev–Trinajstić information content (AvgIpc) is 3.04. The van der Waals surface area contributed by atoms with Crippen LogP contribution in [0, 0.1) is 0 Å². The maximum atomic E-state index is 12.4. The Morgan fingerprint density at radius 3 is 2.71 bits per heavy atom. The summed E-state index contributed by atoms with van der Waals surface area (Å²) in [5.74, 6) is -1.29. The molecule has 1 aliphatic heterocycles. The Bertz CT molecular complexity index is 682. The number of nitrogens with one attached hydrogen (secondary N) is 1. The second-order valence-corrected chi connectivity index (χ2v) is 6.22. The minimum atomic E-state index is -1.10. The fourth-order valence-electron chi connectivity index (χ4n) is 3.19. The summed E-state index contributed by atoms with van der Waals surface area (Å²) in [4.78, 5) is 37.2. The number of carbonyl (C=O) groups excluding carboxylic acids is 2. The van der Waals surface area contributed by atoms with Crippen molar-refractivity contribution in [2.45, 2.75) is 44.8 Å². The fourth-order valence-corrected chi connectivity index (χ4v) is 3.19. The number of fused-ring (bicyclic) bond motifs is 1. The number of nitrogens with zero attached hydrogens (tertiary/aromatic N) is 1. The van der Waals surface area contributed by atoms with Crippen LogP contribution in [-0.2, 0) is 9.59 Å². The lowest BCUT2D eigenvalue weighted by molar-refractivity contribution is -0.128. The monoisotopic (exact) mass is 332 g/mol. The number of carboxylic acids is 1. The number of carboxylic acid groups (broad SMARTS) is 1. The molecule has 3 rings (SSSR count). The molecule has 1 aromatic carbocycles.